The number of benzene rings is 3. The average molecular weight is 383 g/mol. The zero-order valence-corrected chi connectivity index (χ0v) is 16.7. The highest BCUT2D eigenvalue weighted by Crippen LogP contribution is 2.35. The number of H-pyrrole nitrogens is 1. The maximum Gasteiger partial charge on any atom is 0.120 e. The highest BCUT2D eigenvalue weighted by molar-refractivity contribution is 5.86. The van der Waals surface area contributed by atoms with Gasteiger partial charge in [0.25, 0.3) is 0 Å². The van der Waals surface area contributed by atoms with Crippen molar-refractivity contribution in [2.45, 2.75) is 32.4 Å². The SMILES string of the molecule is CCc1ccc(C2NCCc3c2[nH]c2ccc(OCc4ccccc4)cc32)cc1. The van der Waals surface area contributed by atoms with Crippen molar-refractivity contribution in [3.05, 3.63) is 101 Å². The Balaban J connectivity index is 1.45. The van der Waals surface area contributed by atoms with E-state index in [4.69, 9.17) is 4.74 Å². The van der Waals surface area contributed by atoms with E-state index in [9.17, 15) is 0 Å². The summed E-state index contributed by atoms with van der Waals surface area (Å²) < 4.78 is 6.07. The van der Waals surface area contributed by atoms with E-state index in [-0.39, 0.29) is 6.04 Å². The number of fused-ring (bicyclic) bond motifs is 3. The van der Waals surface area contributed by atoms with Gasteiger partial charge in [-0.2, -0.15) is 0 Å². The number of ether oxygens (including phenoxy) is 1. The van der Waals surface area contributed by atoms with Crippen molar-refractivity contribution in [3.8, 4) is 5.75 Å². The van der Waals surface area contributed by atoms with Crippen LogP contribution in [0.5, 0.6) is 5.75 Å². The first kappa shape index (κ1) is 18.0. The van der Waals surface area contributed by atoms with Crippen molar-refractivity contribution in [1.82, 2.24) is 10.3 Å². The summed E-state index contributed by atoms with van der Waals surface area (Å²) in [4.78, 5) is 3.68. The summed E-state index contributed by atoms with van der Waals surface area (Å²) in [5, 5.41) is 4.97. The summed E-state index contributed by atoms with van der Waals surface area (Å²) in [5.41, 5.74) is 7.76. The molecule has 29 heavy (non-hydrogen) atoms. The largest absolute Gasteiger partial charge is 0.489 e. The van der Waals surface area contributed by atoms with Gasteiger partial charge >= 0.3 is 0 Å². The summed E-state index contributed by atoms with van der Waals surface area (Å²) in [5.74, 6) is 0.922. The van der Waals surface area contributed by atoms with Crippen molar-refractivity contribution < 1.29 is 4.74 Å². The van der Waals surface area contributed by atoms with Gasteiger partial charge < -0.3 is 15.0 Å². The fraction of sp³-hybridized carbons (Fsp3) is 0.231. The van der Waals surface area contributed by atoms with Gasteiger partial charge in [0.15, 0.2) is 0 Å². The Hall–Kier alpha value is -3.04. The molecule has 0 aliphatic carbocycles. The minimum atomic E-state index is 0.214. The van der Waals surface area contributed by atoms with Crippen molar-refractivity contribution in [1.29, 1.82) is 0 Å². The molecule has 2 N–H and O–H groups in total. The van der Waals surface area contributed by atoms with Crippen LogP contribution in [0.4, 0.5) is 0 Å². The minimum absolute atomic E-state index is 0.214. The van der Waals surface area contributed by atoms with Crippen LogP contribution >= 0.6 is 0 Å². The molecule has 0 bridgehead atoms. The Morgan fingerprint density at radius 1 is 0.931 bits per heavy atom. The van der Waals surface area contributed by atoms with Crippen LogP contribution in [0.1, 0.15) is 40.9 Å². The molecule has 3 aromatic carbocycles. The van der Waals surface area contributed by atoms with E-state index in [0.29, 0.717) is 6.61 Å². The number of hydrogen-bond donors (Lipinski definition) is 2. The number of hydrogen-bond acceptors (Lipinski definition) is 2. The second-order valence-electron chi connectivity index (χ2n) is 7.73. The van der Waals surface area contributed by atoms with Gasteiger partial charge in [0.2, 0.25) is 0 Å². The van der Waals surface area contributed by atoms with E-state index < -0.39 is 0 Å². The normalized spacial score (nSPS) is 16.0. The molecule has 0 fully saturated rings. The van der Waals surface area contributed by atoms with E-state index in [2.05, 4.69) is 71.8 Å². The first-order chi connectivity index (χ1) is 14.3. The molecule has 4 aromatic rings. The van der Waals surface area contributed by atoms with Gasteiger partial charge in [-0.1, -0.05) is 61.5 Å². The van der Waals surface area contributed by atoms with E-state index in [1.54, 1.807) is 0 Å². The van der Waals surface area contributed by atoms with Crippen molar-refractivity contribution in [2.75, 3.05) is 6.54 Å². The molecule has 1 unspecified atom stereocenters. The van der Waals surface area contributed by atoms with Gasteiger partial charge in [0.1, 0.15) is 12.4 Å². The molecule has 1 aliphatic heterocycles. The summed E-state index contributed by atoms with van der Waals surface area (Å²) in [6.07, 6.45) is 2.10. The summed E-state index contributed by atoms with van der Waals surface area (Å²) >= 11 is 0. The molecule has 0 saturated heterocycles. The molecule has 1 aromatic heterocycles. The zero-order chi connectivity index (χ0) is 19.6. The predicted molar refractivity (Wildman–Crippen MR) is 118 cm³/mol. The second kappa shape index (κ2) is 7.76. The van der Waals surface area contributed by atoms with Crippen LogP contribution in [0.2, 0.25) is 0 Å². The molecule has 1 aliphatic rings. The topological polar surface area (TPSA) is 37.0 Å². The first-order valence-electron chi connectivity index (χ1n) is 10.5. The average Bonchev–Trinajstić information content (AvgIpc) is 3.16. The quantitative estimate of drug-likeness (QED) is 0.475. The highest BCUT2D eigenvalue weighted by Gasteiger charge is 2.25. The molecule has 0 amide bonds. The molecule has 1 atom stereocenters. The van der Waals surface area contributed by atoms with Crippen LogP contribution in [0.15, 0.2) is 72.8 Å². The predicted octanol–water partition coefficient (Wildman–Crippen LogP) is 5.54. The molecule has 146 valence electrons. The van der Waals surface area contributed by atoms with Crippen LogP contribution in [0, 0.1) is 0 Å². The monoisotopic (exact) mass is 382 g/mol. The van der Waals surface area contributed by atoms with Gasteiger partial charge in [-0.25, -0.2) is 0 Å². The Labute approximate surface area is 171 Å². The molecule has 3 heteroatoms. The Bertz CT molecular complexity index is 1110. The lowest BCUT2D eigenvalue weighted by Crippen LogP contribution is -2.30. The number of aryl methyl sites for hydroxylation is 1. The molecular weight excluding hydrogens is 356 g/mol. The summed E-state index contributed by atoms with van der Waals surface area (Å²) in [7, 11) is 0. The smallest absolute Gasteiger partial charge is 0.120 e. The molecular formula is C26H26N2O. The van der Waals surface area contributed by atoms with Gasteiger partial charge in [-0.3, -0.25) is 0 Å². The third-order valence-electron chi connectivity index (χ3n) is 5.89. The van der Waals surface area contributed by atoms with Crippen LogP contribution in [-0.2, 0) is 19.4 Å². The summed E-state index contributed by atoms with van der Waals surface area (Å²) in [6, 6.07) is 25.9. The minimum Gasteiger partial charge on any atom is -0.489 e. The first-order valence-corrected chi connectivity index (χ1v) is 10.5. The second-order valence-corrected chi connectivity index (χ2v) is 7.73. The van der Waals surface area contributed by atoms with Crippen molar-refractivity contribution in [3.63, 3.8) is 0 Å². The van der Waals surface area contributed by atoms with Gasteiger partial charge in [-0.15, -0.1) is 0 Å². The molecule has 0 saturated carbocycles. The highest BCUT2D eigenvalue weighted by atomic mass is 16.5. The van der Waals surface area contributed by atoms with E-state index in [1.807, 2.05) is 18.2 Å². The Morgan fingerprint density at radius 2 is 1.76 bits per heavy atom. The molecule has 5 rings (SSSR count). The van der Waals surface area contributed by atoms with Crippen molar-refractivity contribution >= 4 is 10.9 Å². The van der Waals surface area contributed by atoms with E-state index in [1.165, 1.54) is 38.9 Å². The lowest BCUT2D eigenvalue weighted by molar-refractivity contribution is 0.306. The van der Waals surface area contributed by atoms with Gasteiger partial charge in [0.05, 0.1) is 6.04 Å². The lowest BCUT2D eigenvalue weighted by Gasteiger charge is -2.25. The van der Waals surface area contributed by atoms with Crippen LogP contribution < -0.4 is 10.1 Å². The van der Waals surface area contributed by atoms with E-state index in [0.717, 1.165) is 25.1 Å². The Kier molecular flexibility index (Phi) is 4.82. The maximum atomic E-state index is 6.07. The zero-order valence-electron chi connectivity index (χ0n) is 16.7. The number of aromatic amines is 1. The molecule has 2 heterocycles. The third kappa shape index (κ3) is 3.54. The van der Waals surface area contributed by atoms with E-state index >= 15 is 0 Å². The van der Waals surface area contributed by atoms with Crippen LogP contribution in [0.3, 0.4) is 0 Å². The standard InChI is InChI=1S/C26H26N2O/c1-2-18-8-10-20(11-9-18)25-26-22(14-15-27-25)23-16-21(12-13-24(23)28-26)29-17-19-6-4-3-5-7-19/h3-13,16,25,27-28H,2,14-15,17H2,1H3. The molecule has 0 radical (unpaired) electrons. The lowest BCUT2D eigenvalue weighted by atomic mass is 9.93. The fourth-order valence-electron chi connectivity index (χ4n) is 4.27. The maximum absolute atomic E-state index is 6.07. The summed E-state index contributed by atoms with van der Waals surface area (Å²) in [6.45, 7) is 3.77. The van der Waals surface area contributed by atoms with Crippen molar-refractivity contribution in [2.24, 2.45) is 0 Å². The number of nitrogens with one attached hydrogen (secondary N) is 2. The van der Waals surface area contributed by atoms with Gasteiger partial charge in [-0.05, 0) is 53.3 Å². The third-order valence-corrected chi connectivity index (χ3v) is 5.89. The molecule has 0 spiro atoms. The number of rotatable bonds is 5. The Morgan fingerprint density at radius 3 is 2.55 bits per heavy atom. The van der Waals surface area contributed by atoms with Gasteiger partial charge in [0, 0.05) is 23.1 Å². The molecule has 3 nitrogen and oxygen atoms in total. The fourth-order valence-corrected chi connectivity index (χ4v) is 4.27. The van der Waals surface area contributed by atoms with Crippen LogP contribution in [0.25, 0.3) is 10.9 Å². The number of aromatic nitrogens is 1. The van der Waals surface area contributed by atoms with Crippen LogP contribution in [-0.4, -0.2) is 11.5 Å².